The summed E-state index contributed by atoms with van der Waals surface area (Å²) < 4.78 is 0. The minimum atomic E-state index is -1.14. The van der Waals surface area contributed by atoms with Gasteiger partial charge < -0.3 is 30.4 Å². The van der Waals surface area contributed by atoms with E-state index >= 15 is 0 Å². The van der Waals surface area contributed by atoms with E-state index in [-0.39, 0.29) is 48.3 Å². The van der Waals surface area contributed by atoms with Gasteiger partial charge in [-0.25, -0.2) is 9.78 Å². The van der Waals surface area contributed by atoms with Gasteiger partial charge in [0.05, 0.1) is 29.1 Å². The molecule has 0 aromatic carbocycles. The largest absolute Gasteiger partial charge is 0.481 e. The van der Waals surface area contributed by atoms with Crippen LogP contribution in [0, 0.1) is 13.8 Å². The van der Waals surface area contributed by atoms with Crippen LogP contribution >= 0.6 is 0 Å². The number of carboxylic acid groups (broad SMARTS) is 2. The molecule has 50 heavy (non-hydrogen) atoms. The predicted molar refractivity (Wildman–Crippen MR) is 197 cm³/mol. The summed E-state index contributed by atoms with van der Waals surface area (Å²) in [7, 11) is 3.67. The average molecular weight is 683 g/mol. The van der Waals surface area contributed by atoms with Crippen molar-refractivity contribution in [3.63, 3.8) is 0 Å². The van der Waals surface area contributed by atoms with Gasteiger partial charge in [0, 0.05) is 71.7 Å². The lowest BCUT2D eigenvalue weighted by Crippen LogP contribution is -2.30. The normalized spacial score (nSPS) is 15.8. The van der Waals surface area contributed by atoms with Crippen molar-refractivity contribution in [3.05, 3.63) is 68.8 Å². The van der Waals surface area contributed by atoms with Crippen molar-refractivity contribution in [2.45, 2.75) is 98.4 Å². The van der Waals surface area contributed by atoms with Crippen LogP contribution in [-0.4, -0.2) is 73.5 Å². The second-order valence-electron chi connectivity index (χ2n) is 13.7. The number of aromatic nitrogens is 4. The van der Waals surface area contributed by atoms with Crippen LogP contribution in [0.3, 0.4) is 0 Å². The van der Waals surface area contributed by atoms with Crippen LogP contribution in [0.2, 0.25) is 0 Å². The van der Waals surface area contributed by atoms with Crippen LogP contribution in [0.25, 0.3) is 33.2 Å². The lowest BCUT2D eigenvalue weighted by Gasteiger charge is -2.20. The number of nitrogens with zero attached hydrogens (tertiary/aromatic N) is 3. The standard InChI is InChI=1S/C39H50N6O5/c1-9-11-14-45(8)34(46)15-26-37-25(12-13-35(47)48)21(4)30(43-37)16-28-22(5)27(19-40-7)33(42-28)17-29-20(3)24(10-2)32(41-29)18-31-23(6)36(39(49)50)38(26)44-31/h16-18,21,25,40-42H,9-15,19H2,1-8H3,(H,47,48)(H,49,50)/t21-,25-/m0/s1. The summed E-state index contributed by atoms with van der Waals surface area (Å²) in [5.74, 6) is -2.83. The van der Waals surface area contributed by atoms with Crippen LogP contribution in [-0.2, 0) is 33.8 Å². The second kappa shape index (κ2) is 15.0. The number of aromatic amines is 2. The average Bonchev–Trinajstić information content (AvgIpc) is 3.75. The van der Waals surface area contributed by atoms with Gasteiger partial charge in [-0.15, -0.1) is 0 Å². The number of allylic oxidation sites excluding steroid dienone is 1. The molecule has 1 amide bonds. The van der Waals surface area contributed by atoms with Gasteiger partial charge in [0.25, 0.3) is 0 Å². The summed E-state index contributed by atoms with van der Waals surface area (Å²) >= 11 is 0. The summed E-state index contributed by atoms with van der Waals surface area (Å²) in [5, 5.41) is 23.7. The summed E-state index contributed by atoms with van der Waals surface area (Å²) in [6.07, 6.45) is 2.56. The number of H-pyrrole nitrogens is 2. The van der Waals surface area contributed by atoms with E-state index in [0.717, 1.165) is 69.3 Å². The van der Waals surface area contributed by atoms with E-state index in [1.54, 1.807) is 18.9 Å². The molecular formula is C39H50N6O5. The summed E-state index contributed by atoms with van der Waals surface area (Å²) in [4.78, 5) is 57.8. The van der Waals surface area contributed by atoms with Gasteiger partial charge >= 0.3 is 11.9 Å². The van der Waals surface area contributed by atoms with E-state index in [0.29, 0.717) is 35.6 Å². The molecule has 11 heteroatoms. The highest BCUT2D eigenvalue weighted by Gasteiger charge is 2.36. The molecule has 0 radical (unpaired) electrons. The molecule has 0 fully saturated rings. The SMILES string of the molecule is CCCCN(C)C(=O)Cc1c2nc(cc3[nH]c(cc4[nH]c(cc5nc1[C@@H](CCC(=O)O)[C@@H]5C)c(C)c4CNC)c(C)c3CC)C(C)=C2C(=O)O. The number of amides is 1. The molecule has 2 aliphatic rings. The quantitative estimate of drug-likeness (QED) is 0.140. The Balaban J connectivity index is 1.98. The van der Waals surface area contributed by atoms with Gasteiger partial charge in [0.15, 0.2) is 0 Å². The summed E-state index contributed by atoms with van der Waals surface area (Å²) in [6.45, 7) is 13.3. The van der Waals surface area contributed by atoms with Crippen molar-refractivity contribution in [3.8, 4) is 0 Å². The van der Waals surface area contributed by atoms with Gasteiger partial charge in [-0.1, -0.05) is 27.2 Å². The molecule has 2 atom stereocenters. The fourth-order valence-electron chi connectivity index (χ4n) is 7.36. The zero-order valence-corrected chi connectivity index (χ0v) is 30.5. The highest BCUT2D eigenvalue weighted by Crippen LogP contribution is 2.44. The molecule has 0 saturated heterocycles. The Kier molecular flexibility index (Phi) is 11.0. The molecule has 11 nitrogen and oxygen atoms in total. The first-order valence-corrected chi connectivity index (χ1v) is 17.6. The van der Waals surface area contributed by atoms with E-state index in [1.165, 1.54) is 0 Å². The fraction of sp³-hybridized carbons (Fsp3) is 0.462. The zero-order valence-electron chi connectivity index (χ0n) is 30.5. The molecular weight excluding hydrogens is 632 g/mol. The number of hydrogen-bond acceptors (Lipinski definition) is 6. The lowest BCUT2D eigenvalue weighted by molar-refractivity contribution is -0.137. The number of hydrogen-bond donors (Lipinski definition) is 5. The Morgan fingerprint density at radius 1 is 0.920 bits per heavy atom. The Bertz CT molecular complexity index is 2040. The number of rotatable bonds is 12. The number of unbranched alkanes of at least 4 members (excludes halogenated alkanes) is 1. The third-order valence-electron chi connectivity index (χ3n) is 10.4. The molecule has 8 bridgehead atoms. The highest BCUT2D eigenvalue weighted by atomic mass is 16.4. The van der Waals surface area contributed by atoms with E-state index in [2.05, 4.69) is 49.0 Å². The molecule has 3 aromatic rings. The van der Waals surface area contributed by atoms with Crippen LogP contribution < -0.4 is 5.32 Å². The van der Waals surface area contributed by atoms with Crippen molar-refractivity contribution in [1.29, 1.82) is 0 Å². The zero-order chi connectivity index (χ0) is 36.4. The topological polar surface area (TPSA) is 164 Å². The van der Waals surface area contributed by atoms with E-state index in [1.807, 2.05) is 26.1 Å². The van der Waals surface area contributed by atoms with Gasteiger partial charge in [-0.2, -0.15) is 0 Å². The maximum atomic E-state index is 13.9. The Labute approximate surface area is 293 Å². The van der Waals surface area contributed by atoms with E-state index in [4.69, 9.17) is 9.97 Å². The summed E-state index contributed by atoms with van der Waals surface area (Å²) in [6, 6.07) is 6.04. The Morgan fingerprint density at radius 3 is 2.20 bits per heavy atom. The first-order valence-electron chi connectivity index (χ1n) is 17.6. The second-order valence-corrected chi connectivity index (χ2v) is 13.7. The van der Waals surface area contributed by atoms with Crippen molar-refractivity contribution < 1.29 is 24.6 Å². The fourth-order valence-corrected chi connectivity index (χ4v) is 7.36. The minimum Gasteiger partial charge on any atom is -0.481 e. The van der Waals surface area contributed by atoms with Gasteiger partial charge in [-0.3, -0.25) is 14.6 Å². The summed E-state index contributed by atoms with van der Waals surface area (Å²) in [5.41, 5.74) is 10.9. The molecule has 2 aliphatic heterocycles. The first-order chi connectivity index (χ1) is 23.8. The molecule has 3 aromatic heterocycles. The van der Waals surface area contributed by atoms with Crippen molar-refractivity contribution in [2.24, 2.45) is 0 Å². The van der Waals surface area contributed by atoms with E-state index < -0.39 is 11.9 Å². The monoisotopic (exact) mass is 682 g/mol. The Morgan fingerprint density at radius 2 is 1.58 bits per heavy atom. The number of nitrogens with one attached hydrogen (secondary N) is 3. The Hall–Kier alpha value is -4.77. The third-order valence-corrected chi connectivity index (χ3v) is 10.4. The molecule has 5 rings (SSSR count). The van der Waals surface area contributed by atoms with Crippen molar-refractivity contribution in [1.82, 2.24) is 30.2 Å². The van der Waals surface area contributed by atoms with Gasteiger partial charge in [0.1, 0.15) is 0 Å². The van der Waals surface area contributed by atoms with Crippen LogP contribution in [0.4, 0.5) is 0 Å². The molecule has 266 valence electrons. The highest BCUT2D eigenvalue weighted by molar-refractivity contribution is 6.24. The molecule has 0 aliphatic carbocycles. The van der Waals surface area contributed by atoms with Crippen molar-refractivity contribution in [2.75, 3.05) is 20.6 Å². The molecule has 5 N–H and O–H groups in total. The maximum absolute atomic E-state index is 13.9. The number of carboxylic acids is 2. The molecule has 0 unspecified atom stereocenters. The lowest BCUT2D eigenvalue weighted by atomic mass is 9.84. The van der Waals surface area contributed by atoms with Crippen LogP contribution in [0.1, 0.15) is 116 Å². The first kappa shape index (κ1) is 36.5. The number of carbonyl (C=O) groups is 3. The number of fused-ring (bicyclic) bond motifs is 8. The van der Waals surface area contributed by atoms with Crippen molar-refractivity contribution >= 4 is 51.1 Å². The number of carbonyl (C=O) groups excluding carboxylic acids is 1. The number of likely N-dealkylation sites (N-methyl/N-ethyl adjacent to an activating group) is 1. The number of aryl methyl sites for hydroxylation is 3. The van der Waals surface area contributed by atoms with Crippen LogP contribution in [0.5, 0.6) is 0 Å². The van der Waals surface area contributed by atoms with Gasteiger partial charge in [-0.05, 0) is 93.1 Å². The van der Waals surface area contributed by atoms with Gasteiger partial charge in [0.2, 0.25) is 5.91 Å². The third kappa shape index (κ3) is 6.96. The van der Waals surface area contributed by atoms with E-state index in [9.17, 15) is 24.6 Å². The predicted octanol–water partition coefficient (Wildman–Crippen LogP) is 6.78. The number of aliphatic carboxylic acids is 2. The smallest absolute Gasteiger partial charge is 0.338 e. The van der Waals surface area contributed by atoms with Crippen LogP contribution in [0.15, 0.2) is 18.2 Å². The molecule has 0 spiro atoms. The minimum absolute atomic E-state index is 0.0265. The maximum Gasteiger partial charge on any atom is 0.338 e. The molecule has 5 heterocycles. The molecule has 0 saturated carbocycles.